The first-order valence-electron chi connectivity index (χ1n) is 11.6. The Labute approximate surface area is 177 Å². The van der Waals surface area contributed by atoms with Gasteiger partial charge >= 0.3 is 11.9 Å². The summed E-state index contributed by atoms with van der Waals surface area (Å²) in [5.41, 5.74) is 0. The minimum atomic E-state index is -0.279. The van der Waals surface area contributed by atoms with Crippen LogP contribution in [0.1, 0.15) is 104 Å². The Morgan fingerprint density at radius 3 is 1.97 bits per heavy atom. The van der Waals surface area contributed by atoms with Crippen molar-refractivity contribution in [2.75, 3.05) is 0 Å². The van der Waals surface area contributed by atoms with E-state index in [0.717, 1.165) is 44.9 Å². The maximum atomic E-state index is 12.8. The van der Waals surface area contributed by atoms with Crippen LogP contribution in [0.3, 0.4) is 0 Å². The minimum absolute atomic E-state index is 0.0977. The maximum Gasteiger partial charge on any atom is 0.314 e. The Hall–Kier alpha value is -1.84. The summed E-state index contributed by atoms with van der Waals surface area (Å²) in [7, 11) is 0. The van der Waals surface area contributed by atoms with Gasteiger partial charge in [-0.15, -0.1) is 0 Å². The number of rotatable bonds is 16. The minimum Gasteiger partial charge on any atom is -0.423 e. The molecule has 0 saturated heterocycles. The van der Waals surface area contributed by atoms with Crippen LogP contribution in [0.4, 0.5) is 0 Å². The van der Waals surface area contributed by atoms with Crippen molar-refractivity contribution in [2.24, 2.45) is 5.92 Å². The van der Waals surface area contributed by atoms with Crippen LogP contribution in [-0.4, -0.2) is 11.9 Å². The molecule has 0 spiro atoms. The zero-order chi connectivity index (χ0) is 21.3. The first kappa shape index (κ1) is 25.2. The Bertz CT molecular complexity index is 582. The van der Waals surface area contributed by atoms with Crippen molar-refractivity contribution in [2.45, 2.75) is 104 Å². The third kappa shape index (κ3) is 11.1. The van der Waals surface area contributed by atoms with E-state index in [0.29, 0.717) is 17.9 Å². The van der Waals surface area contributed by atoms with Crippen LogP contribution in [0.15, 0.2) is 24.3 Å². The van der Waals surface area contributed by atoms with Crippen molar-refractivity contribution in [1.82, 2.24) is 0 Å². The molecule has 4 heteroatoms. The standard InChI is InChI=1S/C25H40O4/c1-4-7-9-10-11-13-17-21(16-6-3)25(27)29-23-19-15-14-18-22(23)28-24(26)20-12-8-5-2/h14-15,18-19,21H,4-13,16-17,20H2,1-3H3. The second kappa shape index (κ2) is 16.0. The highest BCUT2D eigenvalue weighted by molar-refractivity contribution is 5.77. The molecule has 0 fully saturated rings. The molecule has 1 rings (SSSR count). The molecule has 0 saturated carbocycles. The third-order valence-electron chi connectivity index (χ3n) is 5.14. The monoisotopic (exact) mass is 404 g/mol. The van der Waals surface area contributed by atoms with Gasteiger partial charge in [0.1, 0.15) is 0 Å². The average Bonchev–Trinajstić information content (AvgIpc) is 2.71. The van der Waals surface area contributed by atoms with Crippen LogP contribution in [0.2, 0.25) is 0 Å². The van der Waals surface area contributed by atoms with E-state index >= 15 is 0 Å². The van der Waals surface area contributed by atoms with Gasteiger partial charge in [0.15, 0.2) is 11.5 Å². The number of hydrogen-bond donors (Lipinski definition) is 0. The van der Waals surface area contributed by atoms with Crippen molar-refractivity contribution in [1.29, 1.82) is 0 Å². The number of esters is 2. The van der Waals surface area contributed by atoms with Crippen LogP contribution in [0, 0.1) is 5.92 Å². The van der Waals surface area contributed by atoms with Crippen LogP contribution < -0.4 is 9.47 Å². The number of benzene rings is 1. The number of carbonyl (C=O) groups excluding carboxylic acids is 2. The molecule has 1 aromatic rings. The molecule has 1 unspecified atom stereocenters. The molecule has 0 radical (unpaired) electrons. The summed E-state index contributed by atoms with van der Waals surface area (Å²) in [4.78, 5) is 24.8. The normalized spacial score (nSPS) is 11.8. The third-order valence-corrected chi connectivity index (χ3v) is 5.14. The number of ether oxygens (including phenoxy) is 2. The summed E-state index contributed by atoms with van der Waals surface area (Å²) in [5.74, 6) is 0.0797. The lowest BCUT2D eigenvalue weighted by atomic mass is 9.96. The van der Waals surface area contributed by atoms with E-state index in [-0.39, 0.29) is 17.9 Å². The van der Waals surface area contributed by atoms with Gasteiger partial charge in [-0.3, -0.25) is 9.59 Å². The summed E-state index contributed by atoms with van der Waals surface area (Å²) in [6.45, 7) is 6.40. The lowest BCUT2D eigenvalue weighted by Gasteiger charge is -2.16. The molecule has 1 atom stereocenters. The average molecular weight is 405 g/mol. The van der Waals surface area contributed by atoms with Gasteiger partial charge in [-0.25, -0.2) is 0 Å². The Morgan fingerprint density at radius 2 is 1.31 bits per heavy atom. The summed E-state index contributed by atoms with van der Waals surface area (Å²) >= 11 is 0. The zero-order valence-electron chi connectivity index (χ0n) is 18.7. The number of hydrogen-bond acceptors (Lipinski definition) is 4. The molecule has 1 aromatic carbocycles. The van der Waals surface area contributed by atoms with E-state index in [2.05, 4.69) is 20.8 Å². The van der Waals surface area contributed by atoms with E-state index < -0.39 is 0 Å². The molecule has 0 aromatic heterocycles. The smallest absolute Gasteiger partial charge is 0.314 e. The van der Waals surface area contributed by atoms with Gasteiger partial charge < -0.3 is 9.47 Å². The predicted molar refractivity (Wildman–Crippen MR) is 118 cm³/mol. The van der Waals surface area contributed by atoms with Crippen LogP contribution in [-0.2, 0) is 9.59 Å². The van der Waals surface area contributed by atoms with Crippen LogP contribution in [0.25, 0.3) is 0 Å². The van der Waals surface area contributed by atoms with Crippen LogP contribution in [0.5, 0.6) is 11.5 Å². The summed E-state index contributed by atoms with van der Waals surface area (Å²) in [6, 6.07) is 6.95. The fourth-order valence-corrected chi connectivity index (χ4v) is 3.40. The highest BCUT2D eigenvalue weighted by atomic mass is 16.6. The van der Waals surface area contributed by atoms with E-state index in [1.54, 1.807) is 24.3 Å². The highest BCUT2D eigenvalue weighted by Crippen LogP contribution is 2.29. The first-order valence-corrected chi connectivity index (χ1v) is 11.6. The largest absolute Gasteiger partial charge is 0.423 e. The topological polar surface area (TPSA) is 52.6 Å². The van der Waals surface area contributed by atoms with Gasteiger partial charge in [0.25, 0.3) is 0 Å². The van der Waals surface area contributed by atoms with Crippen LogP contribution >= 0.6 is 0 Å². The fraction of sp³-hybridized carbons (Fsp3) is 0.680. The number of carbonyl (C=O) groups is 2. The molecule has 0 N–H and O–H groups in total. The lowest BCUT2D eigenvalue weighted by Crippen LogP contribution is -2.21. The molecule has 0 aliphatic carbocycles. The molecule has 0 amide bonds. The number of unbranched alkanes of at least 4 members (excludes halogenated alkanes) is 7. The molecule has 0 aliphatic rings. The van der Waals surface area contributed by atoms with E-state index in [9.17, 15) is 9.59 Å². The van der Waals surface area contributed by atoms with Crippen molar-refractivity contribution < 1.29 is 19.1 Å². The van der Waals surface area contributed by atoms with Gasteiger partial charge in [-0.2, -0.15) is 0 Å². The Balaban J connectivity index is 2.59. The molecular weight excluding hydrogens is 364 g/mol. The molecule has 29 heavy (non-hydrogen) atoms. The van der Waals surface area contributed by atoms with E-state index in [1.807, 2.05) is 0 Å². The highest BCUT2D eigenvalue weighted by Gasteiger charge is 2.21. The molecule has 0 bridgehead atoms. The molecule has 0 heterocycles. The molecule has 164 valence electrons. The lowest BCUT2D eigenvalue weighted by molar-refractivity contribution is -0.140. The predicted octanol–water partition coefficient (Wildman–Crippen LogP) is 7.24. The van der Waals surface area contributed by atoms with Gasteiger partial charge in [0.05, 0.1) is 5.92 Å². The van der Waals surface area contributed by atoms with Crippen molar-refractivity contribution in [3.8, 4) is 11.5 Å². The number of para-hydroxylation sites is 2. The summed E-state index contributed by atoms with van der Waals surface area (Å²) < 4.78 is 11.1. The maximum absolute atomic E-state index is 12.8. The van der Waals surface area contributed by atoms with E-state index in [4.69, 9.17) is 9.47 Å². The molecule has 0 aliphatic heterocycles. The van der Waals surface area contributed by atoms with Gasteiger partial charge in [0, 0.05) is 6.42 Å². The second-order valence-corrected chi connectivity index (χ2v) is 7.84. The van der Waals surface area contributed by atoms with Crippen molar-refractivity contribution >= 4 is 11.9 Å². The summed E-state index contributed by atoms with van der Waals surface area (Å²) in [6.07, 6.45) is 13.1. The molecule has 4 nitrogen and oxygen atoms in total. The van der Waals surface area contributed by atoms with Gasteiger partial charge in [-0.05, 0) is 31.4 Å². The Kier molecular flexibility index (Phi) is 13.9. The molecular formula is C25H40O4. The van der Waals surface area contributed by atoms with Crippen molar-refractivity contribution in [3.05, 3.63) is 24.3 Å². The quantitative estimate of drug-likeness (QED) is 0.165. The van der Waals surface area contributed by atoms with Gasteiger partial charge in [0.2, 0.25) is 0 Å². The fourth-order valence-electron chi connectivity index (χ4n) is 3.40. The van der Waals surface area contributed by atoms with Gasteiger partial charge in [-0.1, -0.05) is 90.7 Å². The zero-order valence-corrected chi connectivity index (χ0v) is 18.7. The Morgan fingerprint density at radius 1 is 0.724 bits per heavy atom. The first-order chi connectivity index (χ1) is 14.1. The second-order valence-electron chi connectivity index (χ2n) is 7.84. The van der Waals surface area contributed by atoms with E-state index in [1.165, 1.54) is 32.1 Å². The SMILES string of the molecule is CCCCCCCCC(CCC)C(=O)Oc1ccccc1OC(=O)CCCCC. The van der Waals surface area contributed by atoms with Crippen molar-refractivity contribution in [3.63, 3.8) is 0 Å². The summed E-state index contributed by atoms with van der Waals surface area (Å²) in [5, 5.41) is 0.